The van der Waals surface area contributed by atoms with Crippen LogP contribution in [-0.2, 0) is 6.54 Å². The van der Waals surface area contributed by atoms with Crippen molar-refractivity contribution in [2.45, 2.75) is 33.4 Å². The van der Waals surface area contributed by atoms with Gasteiger partial charge in [-0.2, -0.15) is 10.2 Å². The molecule has 2 rings (SSSR count). The zero-order chi connectivity index (χ0) is 16.7. The van der Waals surface area contributed by atoms with Crippen molar-refractivity contribution < 1.29 is 0 Å². The van der Waals surface area contributed by atoms with E-state index in [0.717, 1.165) is 5.56 Å². The highest BCUT2D eigenvalue weighted by atomic mass is 15.3. The van der Waals surface area contributed by atoms with Gasteiger partial charge in [0, 0.05) is 12.6 Å². The summed E-state index contributed by atoms with van der Waals surface area (Å²) in [4.78, 5) is 5.95. The van der Waals surface area contributed by atoms with Gasteiger partial charge in [0.25, 0.3) is 0 Å². The van der Waals surface area contributed by atoms with Crippen LogP contribution in [0.15, 0.2) is 30.3 Å². The summed E-state index contributed by atoms with van der Waals surface area (Å²) in [5, 5.41) is 24.0. The fourth-order valence-corrected chi connectivity index (χ4v) is 2.03. The Labute approximate surface area is 136 Å². The Bertz CT molecular complexity index is 664. The van der Waals surface area contributed by atoms with Crippen molar-refractivity contribution in [3.05, 3.63) is 35.9 Å². The van der Waals surface area contributed by atoms with Gasteiger partial charge in [-0.15, -0.1) is 10.2 Å². The van der Waals surface area contributed by atoms with Crippen molar-refractivity contribution in [1.29, 1.82) is 5.26 Å². The predicted molar refractivity (Wildman–Crippen MR) is 91.0 cm³/mol. The Morgan fingerprint density at radius 3 is 2.57 bits per heavy atom. The maximum Gasteiger partial charge on any atom is 0.244 e. The molecule has 0 unspecified atom stereocenters. The zero-order valence-electron chi connectivity index (χ0n) is 13.6. The quantitative estimate of drug-likeness (QED) is 0.600. The van der Waals surface area contributed by atoms with E-state index in [1.807, 2.05) is 51.1 Å². The van der Waals surface area contributed by atoms with Crippen LogP contribution in [0.3, 0.4) is 0 Å². The summed E-state index contributed by atoms with van der Waals surface area (Å²) in [5.74, 6) is 1.38. The van der Waals surface area contributed by atoms with Crippen molar-refractivity contribution in [3.8, 4) is 6.19 Å². The average Bonchev–Trinajstić information content (AvgIpc) is 2.55. The lowest BCUT2D eigenvalue weighted by molar-refractivity contribution is 0.844. The summed E-state index contributed by atoms with van der Waals surface area (Å²) in [6.07, 6.45) is 2.19. The molecule has 0 radical (unpaired) electrons. The highest BCUT2D eigenvalue weighted by molar-refractivity contribution is 5.64. The highest BCUT2D eigenvalue weighted by Gasteiger charge is 2.17. The molecule has 1 aromatic carbocycles. The lowest BCUT2D eigenvalue weighted by Gasteiger charge is -2.19. The fourth-order valence-electron chi connectivity index (χ4n) is 2.03. The smallest absolute Gasteiger partial charge is 0.244 e. The summed E-state index contributed by atoms with van der Waals surface area (Å²) >= 11 is 0. The van der Waals surface area contributed by atoms with Crippen molar-refractivity contribution >= 4 is 17.6 Å². The van der Waals surface area contributed by atoms with Crippen molar-refractivity contribution in [2.24, 2.45) is 0 Å². The molecule has 7 heteroatoms. The predicted octanol–water partition coefficient (Wildman–Crippen LogP) is 2.61. The Hall–Kier alpha value is -2.88. The van der Waals surface area contributed by atoms with Gasteiger partial charge >= 0.3 is 0 Å². The number of hydrogen-bond donors (Lipinski definition) is 2. The van der Waals surface area contributed by atoms with E-state index in [9.17, 15) is 5.26 Å². The van der Waals surface area contributed by atoms with E-state index in [1.54, 1.807) is 0 Å². The van der Waals surface area contributed by atoms with Crippen molar-refractivity contribution in [1.82, 2.24) is 15.2 Å². The minimum Gasteiger partial charge on any atom is -0.363 e. The molecule has 2 aromatic rings. The van der Waals surface area contributed by atoms with Gasteiger partial charge in [0.1, 0.15) is 0 Å². The Kier molecular flexibility index (Phi) is 5.69. The molecular weight excluding hydrogens is 290 g/mol. The molecule has 0 saturated carbocycles. The van der Waals surface area contributed by atoms with Gasteiger partial charge in [0.15, 0.2) is 17.8 Å². The van der Waals surface area contributed by atoms with Crippen molar-refractivity contribution in [2.75, 3.05) is 22.1 Å². The molecule has 0 atom stereocenters. The maximum absolute atomic E-state index is 9.56. The zero-order valence-corrected chi connectivity index (χ0v) is 13.6. The second kappa shape index (κ2) is 7.94. The Balaban J connectivity index is 2.35. The molecule has 0 bridgehead atoms. The van der Waals surface area contributed by atoms with Gasteiger partial charge in [-0.25, -0.2) is 0 Å². The Morgan fingerprint density at radius 1 is 1.22 bits per heavy atom. The van der Waals surface area contributed by atoms with Gasteiger partial charge in [-0.3, -0.25) is 4.90 Å². The third kappa shape index (κ3) is 4.54. The van der Waals surface area contributed by atoms with Crippen LogP contribution >= 0.6 is 0 Å². The monoisotopic (exact) mass is 311 g/mol. The largest absolute Gasteiger partial charge is 0.363 e. The molecule has 0 saturated heterocycles. The molecule has 0 amide bonds. The molecule has 120 valence electrons. The van der Waals surface area contributed by atoms with Gasteiger partial charge in [-0.05, 0) is 26.3 Å². The third-order valence-corrected chi connectivity index (χ3v) is 2.99. The molecule has 0 fully saturated rings. The van der Waals surface area contributed by atoms with Gasteiger partial charge < -0.3 is 10.6 Å². The first-order valence-electron chi connectivity index (χ1n) is 7.60. The van der Waals surface area contributed by atoms with Crippen LogP contribution in [0, 0.1) is 11.5 Å². The standard InChI is InChI=1S/C16H21N7/c1-4-18-16-20-15(14(21-22-16)19-12(2)3)23(11-17)10-13-8-6-5-7-9-13/h5-9,12H,4,10H2,1-3H3,(H,19,21)(H,18,20,22). The molecular formula is C16H21N7. The minimum absolute atomic E-state index is 0.159. The number of nitrogens with zero attached hydrogens (tertiary/aromatic N) is 5. The SMILES string of the molecule is CCNc1nnc(NC(C)C)c(N(C#N)Cc2ccccc2)n1. The fraction of sp³-hybridized carbons (Fsp3) is 0.375. The van der Waals surface area contributed by atoms with Gasteiger partial charge in [0.2, 0.25) is 5.95 Å². The van der Waals surface area contributed by atoms with Crippen LogP contribution in [0.4, 0.5) is 17.6 Å². The lowest BCUT2D eigenvalue weighted by Crippen LogP contribution is -2.23. The molecule has 0 spiro atoms. The third-order valence-electron chi connectivity index (χ3n) is 2.99. The number of benzene rings is 1. The minimum atomic E-state index is 0.159. The number of rotatable bonds is 7. The van der Waals surface area contributed by atoms with E-state index in [0.29, 0.717) is 30.7 Å². The first-order chi connectivity index (χ1) is 11.1. The molecule has 0 aliphatic carbocycles. The number of nitrogens with one attached hydrogen (secondary N) is 2. The van der Waals surface area contributed by atoms with Gasteiger partial charge in [0.05, 0.1) is 6.54 Å². The van der Waals surface area contributed by atoms with Crippen molar-refractivity contribution in [3.63, 3.8) is 0 Å². The van der Waals surface area contributed by atoms with Gasteiger partial charge in [-0.1, -0.05) is 30.3 Å². The van der Waals surface area contributed by atoms with Crippen LogP contribution in [0.2, 0.25) is 0 Å². The van der Waals surface area contributed by atoms with Crippen LogP contribution in [0.1, 0.15) is 26.3 Å². The second-order valence-corrected chi connectivity index (χ2v) is 5.31. The first kappa shape index (κ1) is 16.5. The summed E-state index contributed by atoms with van der Waals surface area (Å²) in [6, 6.07) is 9.94. The molecule has 1 aromatic heterocycles. The van der Waals surface area contributed by atoms with Crippen LogP contribution in [0.25, 0.3) is 0 Å². The lowest BCUT2D eigenvalue weighted by atomic mass is 10.2. The maximum atomic E-state index is 9.56. The van der Waals surface area contributed by atoms with E-state index in [4.69, 9.17) is 0 Å². The molecule has 7 nitrogen and oxygen atoms in total. The van der Waals surface area contributed by atoms with Crippen LogP contribution in [0.5, 0.6) is 0 Å². The van der Waals surface area contributed by atoms with E-state index >= 15 is 0 Å². The Morgan fingerprint density at radius 2 is 1.96 bits per heavy atom. The van der Waals surface area contributed by atoms with E-state index in [-0.39, 0.29) is 6.04 Å². The molecule has 1 heterocycles. The van der Waals surface area contributed by atoms with E-state index < -0.39 is 0 Å². The van der Waals surface area contributed by atoms with Crippen LogP contribution < -0.4 is 15.5 Å². The number of aromatic nitrogens is 3. The summed E-state index contributed by atoms with van der Waals surface area (Å²) in [7, 11) is 0. The summed E-state index contributed by atoms with van der Waals surface area (Å²) in [5.41, 5.74) is 1.02. The topological polar surface area (TPSA) is 89.8 Å². The average molecular weight is 311 g/mol. The normalized spacial score (nSPS) is 10.2. The molecule has 0 aliphatic heterocycles. The number of nitriles is 1. The number of anilines is 3. The molecule has 2 N–H and O–H groups in total. The van der Waals surface area contributed by atoms with E-state index in [1.165, 1.54) is 4.90 Å². The molecule has 23 heavy (non-hydrogen) atoms. The summed E-state index contributed by atoms with van der Waals surface area (Å²) in [6.45, 7) is 7.06. The highest BCUT2D eigenvalue weighted by Crippen LogP contribution is 2.23. The van der Waals surface area contributed by atoms with Crippen LogP contribution in [-0.4, -0.2) is 27.8 Å². The number of hydrogen-bond acceptors (Lipinski definition) is 7. The molecule has 0 aliphatic rings. The first-order valence-corrected chi connectivity index (χ1v) is 7.60. The van der Waals surface area contributed by atoms with E-state index in [2.05, 4.69) is 32.0 Å². The summed E-state index contributed by atoms with van der Waals surface area (Å²) < 4.78 is 0. The second-order valence-electron chi connectivity index (χ2n) is 5.31.